The number of allylic oxidation sites excluding steroid dienone is 2. The van der Waals surface area contributed by atoms with Gasteiger partial charge in [-0.05, 0) is 55.3 Å². The molecule has 1 aliphatic heterocycles. The zero-order chi connectivity index (χ0) is 25.8. The van der Waals surface area contributed by atoms with Crippen molar-refractivity contribution in [1.29, 1.82) is 0 Å². The summed E-state index contributed by atoms with van der Waals surface area (Å²) in [5, 5.41) is 0. The number of rotatable bonds is 7. The van der Waals surface area contributed by atoms with E-state index in [1.54, 1.807) is 31.6 Å². The monoisotopic (exact) mass is 503 g/mol. The zero-order valence-electron chi connectivity index (χ0n) is 21.0. The minimum Gasteiger partial charge on any atom is -0.497 e. The van der Waals surface area contributed by atoms with Gasteiger partial charge in [-0.25, -0.2) is 9.79 Å². The van der Waals surface area contributed by atoms with E-state index in [0.29, 0.717) is 26.4 Å². The highest BCUT2D eigenvalue weighted by Gasteiger charge is 2.33. The van der Waals surface area contributed by atoms with Crippen molar-refractivity contribution in [3.05, 3.63) is 96.7 Å². The molecule has 0 aliphatic carbocycles. The third-order valence-corrected chi connectivity index (χ3v) is 6.90. The molecule has 4 rings (SSSR count). The lowest BCUT2D eigenvalue weighted by molar-refractivity contribution is -0.139. The zero-order valence-corrected chi connectivity index (χ0v) is 21.8. The van der Waals surface area contributed by atoms with Crippen molar-refractivity contribution in [2.75, 3.05) is 32.7 Å². The second-order valence-corrected chi connectivity index (χ2v) is 9.45. The number of hydrogen-bond donors (Lipinski definition) is 0. The van der Waals surface area contributed by atoms with Crippen molar-refractivity contribution in [1.82, 2.24) is 4.57 Å². The van der Waals surface area contributed by atoms with Crippen molar-refractivity contribution in [2.24, 2.45) is 4.99 Å². The van der Waals surface area contributed by atoms with Crippen molar-refractivity contribution in [3.8, 4) is 5.75 Å². The maximum Gasteiger partial charge on any atom is 0.338 e. The number of carbonyl (C=O) groups excluding carboxylic acids is 1. The first-order valence-electron chi connectivity index (χ1n) is 11.6. The van der Waals surface area contributed by atoms with Gasteiger partial charge in [-0.3, -0.25) is 9.36 Å². The Bertz CT molecular complexity index is 1490. The number of ether oxygens (including phenoxy) is 2. The van der Waals surface area contributed by atoms with E-state index in [9.17, 15) is 9.59 Å². The SMILES string of the molecule is CCOC(=O)C1=C(C)N=c2s/c(=C/C=C/c3ccc(N(C)C)cc3)c(=O)n2[C@@H]1c1ccc(OC)cc1. The van der Waals surface area contributed by atoms with E-state index >= 15 is 0 Å². The molecule has 1 atom stereocenters. The highest BCUT2D eigenvalue weighted by atomic mass is 32.1. The van der Waals surface area contributed by atoms with Crippen LogP contribution in [-0.2, 0) is 9.53 Å². The fourth-order valence-electron chi connectivity index (χ4n) is 4.04. The first kappa shape index (κ1) is 25.2. The van der Waals surface area contributed by atoms with Crippen LogP contribution < -0.4 is 24.5 Å². The molecule has 3 aromatic rings. The lowest BCUT2D eigenvalue weighted by atomic mass is 9.96. The lowest BCUT2D eigenvalue weighted by Gasteiger charge is -2.24. The average molecular weight is 504 g/mol. The van der Waals surface area contributed by atoms with E-state index in [0.717, 1.165) is 16.8 Å². The molecule has 1 aromatic heterocycles. The molecule has 1 aliphatic rings. The lowest BCUT2D eigenvalue weighted by Crippen LogP contribution is -2.39. The topological polar surface area (TPSA) is 73.1 Å². The normalized spacial score (nSPS) is 15.6. The summed E-state index contributed by atoms with van der Waals surface area (Å²) in [5.41, 5.74) is 3.61. The molecular weight excluding hydrogens is 474 g/mol. The summed E-state index contributed by atoms with van der Waals surface area (Å²) in [6, 6.07) is 14.8. The molecule has 8 heteroatoms. The van der Waals surface area contributed by atoms with Gasteiger partial charge in [0.25, 0.3) is 5.56 Å². The molecule has 0 bridgehead atoms. The quantitative estimate of drug-likeness (QED) is 0.461. The number of hydrogen-bond acceptors (Lipinski definition) is 7. The van der Waals surface area contributed by atoms with Crippen LogP contribution in [0.4, 0.5) is 5.69 Å². The minimum atomic E-state index is -0.643. The molecule has 0 amide bonds. The van der Waals surface area contributed by atoms with Gasteiger partial charge in [-0.1, -0.05) is 47.8 Å². The van der Waals surface area contributed by atoms with E-state index in [1.165, 1.54) is 11.3 Å². The van der Waals surface area contributed by atoms with Gasteiger partial charge in [0, 0.05) is 19.8 Å². The molecular formula is C28H29N3O4S. The first-order chi connectivity index (χ1) is 17.3. The standard InChI is InChI=1S/C28H29N3O4S/c1-6-35-27(33)24-18(2)29-28-31(25(24)20-12-16-22(34-5)17-13-20)26(32)23(36-28)9-7-8-19-10-14-21(15-11-19)30(3)4/h7-17,25H,6H2,1-5H3/b8-7+,23-9+/t25-/m1/s1. The van der Waals surface area contributed by atoms with Gasteiger partial charge in [0.1, 0.15) is 5.75 Å². The summed E-state index contributed by atoms with van der Waals surface area (Å²) in [6.07, 6.45) is 5.60. The highest BCUT2D eigenvalue weighted by molar-refractivity contribution is 7.07. The third kappa shape index (κ3) is 5.04. The Morgan fingerprint density at radius 3 is 2.44 bits per heavy atom. The van der Waals surface area contributed by atoms with Crippen LogP contribution in [0.5, 0.6) is 5.75 Å². The number of carbonyl (C=O) groups is 1. The molecule has 0 saturated heterocycles. The Kier molecular flexibility index (Phi) is 7.55. The molecule has 2 aromatic carbocycles. The summed E-state index contributed by atoms with van der Waals surface area (Å²) < 4.78 is 12.7. The van der Waals surface area contributed by atoms with Gasteiger partial charge in [0.2, 0.25) is 0 Å². The van der Waals surface area contributed by atoms with Crippen LogP contribution in [0.2, 0.25) is 0 Å². The van der Waals surface area contributed by atoms with Crippen molar-refractivity contribution >= 4 is 35.1 Å². The molecule has 2 heterocycles. The summed E-state index contributed by atoms with van der Waals surface area (Å²) >= 11 is 1.30. The number of fused-ring (bicyclic) bond motifs is 1. The second kappa shape index (κ2) is 10.8. The Labute approximate surface area is 213 Å². The fraction of sp³-hybridized carbons (Fsp3) is 0.250. The molecule has 0 N–H and O–H groups in total. The number of esters is 1. The summed E-state index contributed by atoms with van der Waals surface area (Å²) in [6.45, 7) is 3.76. The Balaban J connectivity index is 1.78. The first-order valence-corrected chi connectivity index (χ1v) is 12.4. The number of nitrogens with zero attached hydrogens (tertiary/aromatic N) is 3. The molecule has 36 heavy (non-hydrogen) atoms. The third-order valence-electron chi connectivity index (χ3n) is 5.89. The Morgan fingerprint density at radius 1 is 1.14 bits per heavy atom. The van der Waals surface area contributed by atoms with Crippen LogP contribution in [0.25, 0.3) is 12.2 Å². The van der Waals surface area contributed by atoms with Crippen LogP contribution in [0.1, 0.15) is 31.0 Å². The predicted octanol–water partition coefficient (Wildman–Crippen LogP) is 3.54. The van der Waals surface area contributed by atoms with E-state index in [4.69, 9.17) is 9.47 Å². The van der Waals surface area contributed by atoms with Crippen LogP contribution in [0, 0.1) is 0 Å². The van der Waals surface area contributed by atoms with Gasteiger partial charge in [0.05, 0.1) is 35.6 Å². The van der Waals surface area contributed by atoms with Gasteiger partial charge in [0.15, 0.2) is 4.80 Å². The number of benzene rings is 2. The number of methoxy groups -OCH3 is 1. The smallest absolute Gasteiger partial charge is 0.338 e. The Hall–Kier alpha value is -3.91. The Morgan fingerprint density at radius 2 is 1.83 bits per heavy atom. The summed E-state index contributed by atoms with van der Waals surface area (Å²) in [7, 11) is 5.59. The number of aromatic nitrogens is 1. The molecule has 0 spiro atoms. The van der Waals surface area contributed by atoms with Crippen LogP contribution in [-0.4, -0.2) is 38.3 Å². The van der Waals surface area contributed by atoms with E-state index < -0.39 is 12.0 Å². The van der Waals surface area contributed by atoms with Crippen LogP contribution >= 0.6 is 11.3 Å². The summed E-state index contributed by atoms with van der Waals surface area (Å²) in [5.74, 6) is 0.211. The van der Waals surface area contributed by atoms with Crippen LogP contribution in [0.3, 0.4) is 0 Å². The minimum absolute atomic E-state index is 0.207. The second-order valence-electron chi connectivity index (χ2n) is 8.44. The summed E-state index contributed by atoms with van der Waals surface area (Å²) in [4.78, 5) is 33.7. The van der Waals surface area contributed by atoms with Crippen molar-refractivity contribution < 1.29 is 14.3 Å². The van der Waals surface area contributed by atoms with Gasteiger partial charge in [-0.2, -0.15) is 0 Å². The number of anilines is 1. The van der Waals surface area contributed by atoms with Crippen molar-refractivity contribution in [3.63, 3.8) is 0 Å². The fourth-order valence-corrected chi connectivity index (χ4v) is 5.04. The predicted molar refractivity (Wildman–Crippen MR) is 144 cm³/mol. The molecule has 0 radical (unpaired) electrons. The molecule has 0 unspecified atom stereocenters. The molecule has 0 saturated carbocycles. The van der Waals surface area contributed by atoms with Gasteiger partial charge < -0.3 is 14.4 Å². The highest BCUT2D eigenvalue weighted by Crippen LogP contribution is 2.31. The van der Waals surface area contributed by atoms with E-state index in [1.807, 2.05) is 79.7 Å². The van der Waals surface area contributed by atoms with Crippen molar-refractivity contribution in [2.45, 2.75) is 19.9 Å². The maximum absolute atomic E-state index is 13.6. The molecule has 0 fully saturated rings. The average Bonchev–Trinajstić information content (AvgIpc) is 3.18. The molecule has 7 nitrogen and oxygen atoms in total. The van der Waals surface area contributed by atoms with Gasteiger partial charge >= 0.3 is 5.97 Å². The maximum atomic E-state index is 13.6. The van der Waals surface area contributed by atoms with Gasteiger partial charge in [-0.15, -0.1) is 0 Å². The molecule has 186 valence electrons. The van der Waals surface area contributed by atoms with Crippen LogP contribution in [0.15, 0.2) is 75.7 Å². The number of thiazole rings is 1. The van der Waals surface area contributed by atoms with E-state index in [-0.39, 0.29) is 12.2 Å². The largest absolute Gasteiger partial charge is 0.497 e. The van der Waals surface area contributed by atoms with E-state index in [2.05, 4.69) is 4.99 Å².